The molecule has 6 rings (SSSR count). The van der Waals surface area contributed by atoms with Crippen LogP contribution in [0.15, 0.2) is 115 Å². The molecule has 0 saturated carbocycles. The molecule has 3 atom stereocenters. The van der Waals surface area contributed by atoms with E-state index >= 15 is 0 Å². The van der Waals surface area contributed by atoms with E-state index in [1.807, 2.05) is 66.7 Å². The van der Waals surface area contributed by atoms with Crippen LogP contribution in [0.4, 0.5) is 0 Å². The number of carbonyl (C=O) groups excluding carboxylic acids is 4. The lowest BCUT2D eigenvalue weighted by molar-refractivity contribution is -0.137. The van der Waals surface area contributed by atoms with Crippen molar-refractivity contribution in [3.05, 3.63) is 132 Å². The summed E-state index contributed by atoms with van der Waals surface area (Å²) in [6.07, 6.45) is 0.497. The maximum Gasteiger partial charge on any atom is 0.254 e. The van der Waals surface area contributed by atoms with E-state index in [2.05, 4.69) is 5.32 Å². The van der Waals surface area contributed by atoms with Crippen molar-refractivity contribution in [1.29, 1.82) is 0 Å². The molecule has 2 fully saturated rings. The summed E-state index contributed by atoms with van der Waals surface area (Å²) in [7, 11) is 0. The lowest BCUT2D eigenvalue weighted by Crippen LogP contribution is -2.53. The van der Waals surface area contributed by atoms with Gasteiger partial charge in [0.05, 0.1) is 12.6 Å². The molecule has 2 saturated heterocycles. The number of hydrogen-bond acceptors (Lipinski definition) is 6. The van der Waals surface area contributed by atoms with Crippen LogP contribution in [0.25, 0.3) is 0 Å². The molecule has 0 spiro atoms. The fourth-order valence-electron chi connectivity index (χ4n) is 5.90. The molecule has 4 aromatic rings. The molecule has 1 unspecified atom stereocenters. The quantitative estimate of drug-likeness (QED) is 0.262. The first-order valence-electron chi connectivity index (χ1n) is 14.9. The number of benzene rings is 4. The standard InChI is InChI=1S/C36H33N3O5S/c40-32-22-39(35(42)26-13-6-2-7-14-26)31-19-20-38(33(31)32)36(43)30(24-45-23-25-11-4-1-5-12-25)37-34(41)27-15-10-18-29(21-27)44-28-16-8-3-9-17-28/h1-18,21,30-31,33H,19-20,22-24H2,(H,37,41)/t30-,31?,33-/m0/s1. The van der Waals surface area contributed by atoms with Crippen molar-refractivity contribution in [2.45, 2.75) is 30.3 Å². The summed E-state index contributed by atoms with van der Waals surface area (Å²) in [4.78, 5) is 57.3. The monoisotopic (exact) mass is 619 g/mol. The molecule has 8 nitrogen and oxygen atoms in total. The number of nitrogens with one attached hydrogen (secondary N) is 1. The largest absolute Gasteiger partial charge is 0.457 e. The number of Topliss-reactive ketones (excluding diaryl/α,β-unsaturated/α-hetero) is 1. The fourth-order valence-corrected chi connectivity index (χ4v) is 6.90. The van der Waals surface area contributed by atoms with Crippen molar-refractivity contribution in [3.8, 4) is 11.5 Å². The third-order valence-electron chi connectivity index (χ3n) is 8.06. The molecule has 2 heterocycles. The van der Waals surface area contributed by atoms with E-state index in [1.165, 1.54) is 11.8 Å². The van der Waals surface area contributed by atoms with Crippen molar-refractivity contribution >= 4 is 35.3 Å². The number of hydrogen-bond donors (Lipinski definition) is 1. The van der Waals surface area contributed by atoms with E-state index in [1.54, 1.807) is 58.3 Å². The number of ether oxygens (including phenoxy) is 1. The van der Waals surface area contributed by atoms with Gasteiger partial charge in [0.15, 0.2) is 5.78 Å². The van der Waals surface area contributed by atoms with Crippen LogP contribution in [0.2, 0.25) is 0 Å². The number of rotatable bonds is 10. The highest BCUT2D eigenvalue weighted by molar-refractivity contribution is 7.98. The van der Waals surface area contributed by atoms with E-state index in [-0.39, 0.29) is 24.1 Å². The third-order valence-corrected chi connectivity index (χ3v) is 9.17. The van der Waals surface area contributed by atoms with Gasteiger partial charge in [-0.2, -0.15) is 11.8 Å². The Labute approximate surface area is 266 Å². The van der Waals surface area contributed by atoms with E-state index in [0.717, 1.165) is 5.56 Å². The Morgan fingerprint density at radius 1 is 0.800 bits per heavy atom. The lowest BCUT2D eigenvalue weighted by Gasteiger charge is -2.28. The second-order valence-electron chi connectivity index (χ2n) is 11.1. The molecule has 0 aromatic heterocycles. The zero-order valence-corrected chi connectivity index (χ0v) is 25.4. The highest BCUT2D eigenvalue weighted by atomic mass is 32.2. The average Bonchev–Trinajstić information content (AvgIpc) is 3.66. The first kappa shape index (κ1) is 30.1. The van der Waals surface area contributed by atoms with Crippen molar-refractivity contribution < 1.29 is 23.9 Å². The van der Waals surface area contributed by atoms with E-state index in [0.29, 0.717) is 47.1 Å². The third kappa shape index (κ3) is 6.94. The molecule has 4 aromatic carbocycles. The van der Waals surface area contributed by atoms with Crippen molar-refractivity contribution in [1.82, 2.24) is 15.1 Å². The number of nitrogens with zero attached hydrogens (tertiary/aromatic N) is 2. The predicted molar refractivity (Wildman–Crippen MR) is 173 cm³/mol. The highest BCUT2D eigenvalue weighted by Crippen LogP contribution is 2.32. The Morgan fingerprint density at radius 2 is 1.44 bits per heavy atom. The maximum absolute atomic E-state index is 14.1. The van der Waals surface area contributed by atoms with E-state index < -0.39 is 24.0 Å². The molecule has 2 aliphatic rings. The Bertz CT molecular complexity index is 1670. The first-order chi connectivity index (χ1) is 22.0. The molecule has 45 heavy (non-hydrogen) atoms. The van der Waals surface area contributed by atoms with Gasteiger partial charge in [-0.15, -0.1) is 0 Å². The fraction of sp³-hybridized carbons (Fsp3) is 0.222. The van der Waals surface area contributed by atoms with Gasteiger partial charge in [-0.3, -0.25) is 19.2 Å². The molecule has 1 N–H and O–H groups in total. The van der Waals surface area contributed by atoms with Gasteiger partial charge in [0.2, 0.25) is 5.91 Å². The molecule has 0 bridgehead atoms. The van der Waals surface area contributed by atoms with Crippen LogP contribution < -0.4 is 10.1 Å². The summed E-state index contributed by atoms with van der Waals surface area (Å²) in [6.45, 7) is 0.287. The van der Waals surface area contributed by atoms with E-state index in [4.69, 9.17) is 4.74 Å². The Balaban J connectivity index is 1.18. The first-order valence-corrected chi connectivity index (χ1v) is 16.1. The lowest BCUT2D eigenvalue weighted by atomic mass is 10.1. The smallest absolute Gasteiger partial charge is 0.254 e. The van der Waals surface area contributed by atoms with Crippen molar-refractivity contribution in [2.75, 3.05) is 18.8 Å². The van der Waals surface area contributed by atoms with Gasteiger partial charge in [0.1, 0.15) is 23.6 Å². The number of amides is 3. The minimum absolute atomic E-state index is 0.0408. The zero-order valence-electron chi connectivity index (χ0n) is 24.6. The van der Waals surface area contributed by atoms with Gasteiger partial charge < -0.3 is 19.9 Å². The summed E-state index contributed by atoms with van der Waals surface area (Å²) in [5, 5.41) is 2.94. The summed E-state index contributed by atoms with van der Waals surface area (Å²) in [5.41, 5.74) is 1.97. The van der Waals surface area contributed by atoms with Crippen LogP contribution in [-0.4, -0.2) is 70.3 Å². The van der Waals surface area contributed by atoms with Crippen LogP contribution >= 0.6 is 11.8 Å². The van der Waals surface area contributed by atoms with Crippen LogP contribution in [-0.2, 0) is 15.3 Å². The molecule has 0 radical (unpaired) electrons. The summed E-state index contributed by atoms with van der Waals surface area (Å²) >= 11 is 1.54. The molecule has 0 aliphatic carbocycles. The molecular formula is C36H33N3O5S. The van der Waals surface area contributed by atoms with Gasteiger partial charge in [0, 0.05) is 29.2 Å². The second kappa shape index (κ2) is 13.8. The number of ketones is 1. The number of para-hydroxylation sites is 1. The number of thioether (sulfide) groups is 1. The number of fused-ring (bicyclic) bond motifs is 1. The van der Waals surface area contributed by atoms with Gasteiger partial charge in [-0.05, 0) is 54.4 Å². The van der Waals surface area contributed by atoms with Crippen LogP contribution in [0, 0.1) is 0 Å². The Morgan fingerprint density at radius 3 is 2.18 bits per heavy atom. The number of likely N-dealkylation sites (tertiary alicyclic amines) is 2. The highest BCUT2D eigenvalue weighted by Gasteiger charge is 2.52. The van der Waals surface area contributed by atoms with Crippen molar-refractivity contribution in [2.24, 2.45) is 0 Å². The van der Waals surface area contributed by atoms with E-state index in [9.17, 15) is 19.2 Å². The Hall–Kier alpha value is -4.89. The zero-order chi connectivity index (χ0) is 31.2. The van der Waals surface area contributed by atoms with Crippen molar-refractivity contribution in [3.63, 3.8) is 0 Å². The van der Waals surface area contributed by atoms with Gasteiger partial charge in [-0.25, -0.2) is 0 Å². The van der Waals surface area contributed by atoms with Crippen LogP contribution in [0.3, 0.4) is 0 Å². The summed E-state index contributed by atoms with van der Waals surface area (Å²) < 4.78 is 5.91. The van der Waals surface area contributed by atoms with Crippen LogP contribution in [0.1, 0.15) is 32.7 Å². The average molecular weight is 620 g/mol. The van der Waals surface area contributed by atoms with Gasteiger partial charge in [0.25, 0.3) is 11.8 Å². The normalized spacial score (nSPS) is 17.9. The molecule has 228 valence electrons. The van der Waals surface area contributed by atoms with Crippen LogP contribution in [0.5, 0.6) is 11.5 Å². The topological polar surface area (TPSA) is 96.0 Å². The molecule has 3 amide bonds. The SMILES string of the molecule is O=C(N[C@@H](CSCc1ccccc1)C(=O)N1CCC2[C@H]1C(=O)CN2C(=O)c1ccccc1)c1cccc(Oc2ccccc2)c1. The minimum Gasteiger partial charge on any atom is -0.457 e. The predicted octanol–water partition coefficient (Wildman–Crippen LogP) is 5.21. The summed E-state index contributed by atoms with van der Waals surface area (Å²) in [6, 6.07) is 32.9. The summed E-state index contributed by atoms with van der Waals surface area (Å²) in [5.74, 6) is 0.994. The minimum atomic E-state index is -0.879. The molecule has 9 heteroatoms. The van der Waals surface area contributed by atoms with Gasteiger partial charge in [-0.1, -0.05) is 72.8 Å². The molecular weight excluding hydrogens is 586 g/mol. The maximum atomic E-state index is 14.1. The van der Waals surface area contributed by atoms with Gasteiger partial charge >= 0.3 is 0 Å². The Kier molecular flexibility index (Phi) is 9.26. The molecule has 2 aliphatic heterocycles. The number of carbonyl (C=O) groups is 4. The second-order valence-corrected chi connectivity index (χ2v) is 12.1.